The molecule has 2 aromatic rings. The summed E-state index contributed by atoms with van der Waals surface area (Å²) < 4.78 is 13.4. The van der Waals surface area contributed by atoms with Gasteiger partial charge in [0.1, 0.15) is 6.33 Å². The lowest BCUT2D eigenvalue weighted by molar-refractivity contribution is 0.659. The van der Waals surface area contributed by atoms with E-state index in [-0.39, 0.29) is 5.13 Å². The Kier molecular flexibility index (Phi) is 2.29. The smallest absolute Gasteiger partial charge is 0.186 e. The average Bonchev–Trinajstić information content (AvgIpc) is 2.45. The van der Waals surface area contributed by atoms with E-state index in [9.17, 15) is 4.39 Å². The molecular weight excluding hydrogens is 199 g/mol. The van der Waals surface area contributed by atoms with Gasteiger partial charge in [0.15, 0.2) is 5.13 Å². The summed E-state index contributed by atoms with van der Waals surface area (Å²) in [5, 5.41) is -0.180. The third kappa shape index (κ3) is 1.65. The Balaban J connectivity index is 2.54. The van der Waals surface area contributed by atoms with Crippen molar-refractivity contribution in [1.82, 2.24) is 9.97 Å². The van der Waals surface area contributed by atoms with Gasteiger partial charge in [-0.1, -0.05) is 0 Å². The highest BCUT2D eigenvalue weighted by atomic mass is 32.1. The Bertz CT molecular complexity index is 465. The van der Waals surface area contributed by atoms with Crippen LogP contribution in [0.5, 0.6) is 0 Å². The van der Waals surface area contributed by atoms with Gasteiger partial charge >= 0.3 is 0 Å². The van der Waals surface area contributed by atoms with Gasteiger partial charge in [-0.3, -0.25) is 0 Å². The van der Waals surface area contributed by atoms with Crippen molar-refractivity contribution < 1.29 is 4.39 Å². The van der Waals surface area contributed by atoms with Crippen molar-refractivity contribution in [2.24, 2.45) is 0 Å². The largest absolute Gasteiger partial charge is 0.242 e. The zero-order chi connectivity index (χ0) is 10.1. The first-order valence-electron chi connectivity index (χ1n) is 4.22. The maximum absolute atomic E-state index is 13.4. The van der Waals surface area contributed by atoms with Crippen molar-refractivity contribution in [2.75, 3.05) is 0 Å². The molecule has 0 amide bonds. The molecule has 0 aromatic carbocycles. The minimum atomic E-state index is -0.180. The second kappa shape index (κ2) is 3.46. The summed E-state index contributed by atoms with van der Waals surface area (Å²) in [6, 6.07) is 3.59. The van der Waals surface area contributed by atoms with Crippen LogP contribution in [-0.2, 0) is 0 Å². The molecule has 2 rings (SSSR count). The standard InChI is InChI=1S/C10H9FN2S/c1-6-3-9(13-5-12-6)8-4-7(2)14-10(8)11/h3-5H,1-2H3. The average molecular weight is 208 g/mol. The highest BCUT2D eigenvalue weighted by molar-refractivity contribution is 7.10. The first kappa shape index (κ1) is 9.27. The molecule has 0 fully saturated rings. The summed E-state index contributed by atoms with van der Waals surface area (Å²) in [4.78, 5) is 8.96. The summed E-state index contributed by atoms with van der Waals surface area (Å²) >= 11 is 1.14. The minimum absolute atomic E-state index is 0.180. The molecule has 2 aromatic heterocycles. The van der Waals surface area contributed by atoms with Crippen LogP contribution < -0.4 is 0 Å². The quantitative estimate of drug-likeness (QED) is 0.720. The molecule has 14 heavy (non-hydrogen) atoms. The molecule has 0 unspecified atom stereocenters. The molecule has 0 saturated carbocycles. The first-order valence-corrected chi connectivity index (χ1v) is 5.03. The Morgan fingerprint density at radius 3 is 2.57 bits per heavy atom. The van der Waals surface area contributed by atoms with Crippen molar-refractivity contribution in [3.63, 3.8) is 0 Å². The highest BCUT2D eigenvalue weighted by Gasteiger charge is 2.09. The van der Waals surface area contributed by atoms with Gasteiger partial charge in [-0.2, -0.15) is 4.39 Å². The van der Waals surface area contributed by atoms with Gasteiger partial charge in [-0.05, 0) is 26.0 Å². The van der Waals surface area contributed by atoms with Crippen molar-refractivity contribution in [3.8, 4) is 11.3 Å². The van der Waals surface area contributed by atoms with Crippen LogP contribution in [0.25, 0.3) is 11.3 Å². The molecule has 72 valence electrons. The second-order valence-corrected chi connectivity index (χ2v) is 4.30. The minimum Gasteiger partial charge on any atom is -0.242 e. The van der Waals surface area contributed by atoms with E-state index >= 15 is 0 Å². The summed E-state index contributed by atoms with van der Waals surface area (Å²) in [5.41, 5.74) is 2.07. The molecule has 0 atom stereocenters. The van der Waals surface area contributed by atoms with Gasteiger partial charge in [-0.25, -0.2) is 9.97 Å². The van der Waals surface area contributed by atoms with Crippen molar-refractivity contribution >= 4 is 11.3 Å². The van der Waals surface area contributed by atoms with Gasteiger partial charge in [0.2, 0.25) is 0 Å². The van der Waals surface area contributed by atoms with Crippen LogP contribution in [0.3, 0.4) is 0 Å². The number of aryl methyl sites for hydroxylation is 2. The Hall–Kier alpha value is -1.29. The normalized spacial score (nSPS) is 10.5. The summed E-state index contributed by atoms with van der Waals surface area (Å²) in [7, 11) is 0. The van der Waals surface area contributed by atoms with E-state index in [2.05, 4.69) is 9.97 Å². The third-order valence-corrected chi connectivity index (χ3v) is 2.73. The first-order chi connectivity index (χ1) is 6.66. The van der Waals surface area contributed by atoms with E-state index in [0.717, 1.165) is 21.9 Å². The number of aromatic nitrogens is 2. The monoisotopic (exact) mass is 208 g/mol. The van der Waals surface area contributed by atoms with Gasteiger partial charge in [0.05, 0.1) is 5.69 Å². The zero-order valence-corrected chi connectivity index (χ0v) is 8.73. The third-order valence-electron chi connectivity index (χ3n) is 1.89. The number of hydrogen-bond acceptors (Lipinski definition) is 3. The van der Waals surface area contributed by atoms with E-state index in [0.29, 0.717) is 11.3 Å². The number of rotatable bonds is 1. The van der Waals surface area contributed by atoms with Crippen LogP contribution in [-0.4, -0.2) is 9.97 Å². The topological polar surface area (TPSA) is 25.8 Å². The predicted molar refractivity (Wildman–Crippen MR) is 54.8 cm³/mol. The van der Waals surface area contributed by atoms with Gasteiger partial charge in [-0.15, -0.1) is 11.3 Å². The molecule has 0 aliphatic rings. The van der Waals surface area contributed by atoms with Gasteiger partial charge < -0.3 is 0 Å². The maximum atomic E-state index is 13.4. The molecule has 0 N–H and O–H groups in total. The Labute approximate surface area is 85.5 Å². The fourth-order valence-electron chi connectivity index (χ4n) is 1.26. The lowest BCUT2D eigenvalue weighted by Crippen LogP contribution is -1.87. The summed E-state index contributed by atoms with van der Waals surface area (Å²) in [6.45, 7) is 3.74. The van der Waals surface area contributed by atoms with Gasteiger partial charge in [0.25, 0.3) is 0 Å². The molecule has 0 bridgehead atoms. The summed E-state index contributed by atoms with van der Waals surface area (Å²) in [6.07, 6.45) is 1.46. The Morgan fingerprint density at radius 2 is 2.00 bits per heavy atom. The number of hydrogen-bond donors (Lipinski definition) is 0. The number of nitrogens with zero attached hydrogens (tertiary/aromatic N) is 2. The predicted octanol–water partition coefficient (Wildman–Crippen LogP) is 2.96. The molecule has 0 aliphatic carbocycles. The van der Waals surface area contributed by atoms with E-state index in [1.54, 1.807) is 6.07 Å². The van der Waals surface area contributed by atoms with E-state index < -0.39 is 0 Å². The highest BCUT2D eigenvalue weighted by Crippen LogP contribution is 2.28. The molecule has 2 heterocycles. The number of halogens is 1. The molecule has 0 radical (unpaired) electrons. The number of thiophene rings is 1. The zero-order valence-electron chi connectivity index (χ0n) is 7.91. The van der Waals surface area contributed by atoms with Crippen LogP contribution >= 0.6 is 11.3 Å². The lowest BCUT2D eigenvalue weighted by atomic mass is 10.2. The van der Waals surface area contributed by atoms with E-state index in [4.69, 9.17) is 0 Å². The van der Waals surface area contributed by atoms with Crippen LogP contribution in [0.1, 0.15) is 10.6 Å². The van der Waals surface area contributed by atoms with Crippen molar-refractivity contribution in [2.45, 2.75) is 13.8 Å². The van der Waals surface area contributed by atoms with Gasteiger partial charge in [0, 0.05) is 16.1 Å². The van der Waals surface area contributed by atoms with Crippen LogP contribution in [0.2, 0.25) is 0 Å². The molecular formula is C10H9FN2S. The fraction of sp³-hybridized carbons (Fsp3) is 0.200. The molecule has 2 nitrogen and oxygen atoms in total. The van der Waals surface area contributed by atoms with Crippen LogP contribution in [0.15, 0.2) is 18.5 Å². The summed E-state index contributed by atoms with van der Waals surface area (Å²) in [5.74, 6) is 0. The SMILES string of the molecule is Cc1cc(-c2cc(C)sc2F)ncn1. The lowest BCUT2D eigenvalue weighted by Gasteiger charge is -1.97. The molecule has 0 saturated heterocycles. The van der Waals surface area contributed by atoms with E-state index in [1.165, 1.54) is 6.33 Å². The van der Waals surface area contributed by atoms with Crippen molar-refractivity contribution in [1.29, 1.82) is 0 Å². The molecule has 0 spiro atoms. The van der Waals surface area contributed by atoms with Crippen LogP contribution in [0.4, 0.5) is 4.39 Å². The molecule has 4 heteroatoms. The van der Waals surface area contributed by atoms with Crippen molar-refractivity contribution in [3.05, 3.63) is 34.2 Å². The van der Waals surface area contributed by atoms with Crippen LogP contribution in [0, 0.1) is 19.0 Å². The maximum Gasteiger partial charge on any atom is 0.186 e. The second-order valence-electron chi connectivity index (χ2n) is 3.09. The Morgan fingerprint density at radius 1 is 1.21 bits per heavy atom. The van der Waals surface area contributed by atoms with E-state index in [1.807, 2.05) is 19.9 Å². The fourth-order valence-corrected chi connectivity index (χ4v) is 2.00. The molecule has 0 aliphatic heterocycles.